The zero-order valence-electron chi connectivity index (χ0n) is 25.9. The summed E-state index contributed by atoms with van der Waals surface area (Å²) in [6.45, 7) is 6.17. The number of aromatic carboxylic acids is 1. The van der Waals surface area contributed by atoms with Gasteiger partial charge in [0, 0.05) is 95.0 Å². The van der Waals surface area contributed by atoms with Gasteiger partial charge in [0.05, 0.1) is 22.9 Å². The number of carboxylic acid groups (broad SMARTS) is 1. The number of aromatic nitrogens is 2. The van der Waals surface area contributed by atoms with E-state index in [0.29, 0.717) is 28.6 Å². The summed E-state index contributed by atoms with van der Waals surface area (Å²) in [6, 6.07) is 7.11. The van der Waals surface area contributed by atoms with Crippen molar-refractivity contribution in [3.8, 4) is 0 Å². The van der Waals surface area contributed by atoms with E-state index in [-0.39, 0.29) is 88.4 Å². The van der Waals surface area contributed by atoms with Crippen molar-refractivity contribution in [2.24, 2.45) is 11.8 Å². The van der Waals surface area contributed by atoms with E-state index in [0.717, 1.165) is 23.2 Å². The molecule has 7 rings (SSSR count). The molecule has 1 aromatic carbocycles. The van der Waals surface area contributed by atoms with Crippen LogP contribution in [0.1, 0.15) is 73.9 Å². The Labute approximate surface area is 309 Å². The fraction of sp³-hybridized carbons (Fsp3) is 0.303. The van der Waals surface area contributed by atoms with Gasteiger partial charge in [-0.2, -0.15) is 13.2 Å². The number of allylic oxidation sites excluding steroid dienone is 1. The molecule has 4 unspecified atom stereocenters. The number of nitrogens with one attached hydrogen (secondary N) is 3. The number of aliphatic hydroxyl groups is 1. The minimum Gasteiger partial charge on any atom is -0.478 e. The fourth-order valence-corrected chi connectivity index (χ4v) is 9.44. The van der Waals surface area contributed by atoms with Crippen molar-refractivity contribution in [2.75, 3.05) is 22.8 Å². The number of amides is 2. The third kappa shape index (κ3) is 5.78. The second kappa shape index (κ2) is 12.3. The number of benzene rings is 1. The molecule has 3 aromatic rings. The largest absolute Gasteiger partial charge is 0.478 e. The maximum atomic E-state index is 14.2. The topological polar surface area (TPSA) is 148 Å². The Hall–Kier alpha value is -3.18. The first-order chi connectivity index (χ1) is 22.1. The third-order valence-electron chi connectivity index (χ3n) is 9.10. The van der Waals surface area contributed by atoms with Gasteiger partial charge in [-0.1, -0.05) is 29.3 Å². The molecule has 4 heterocycles. The average Bonchev–Trinajstić information content (AvgIpc) is 3.67. The van der Waals surface area contributed by atoms with Crippen molar-refractivity contribution in [1.29, 1.82) is 0 Å². The van der Waals surface area contributed by atoms with Crippen LogP contribution in [0.25, 0.3) is 11.6 Å². The number of carbonyl (C=O) groups excluding carboxylic acids is 2. The number of halogens is 3. The summed E-state index contributed by atoms with van der Waals surface area (Å²) in [5.41, 5.74) is 1.87. The van der Waals surface area contributed by atoms with E-state index in [9.17, 15) is 37.8 Å². The van der Waals surface area contributed by atoms with Crippen LogP contribution in [0.15, 0.2) is 42.2 Å². The molecule has 15 heteroatoms. The van der Waals surface area contributed by atoms with Gasteiger partial charge in [-0.3, -0.25) is 14.6 Å². The first kappa shape index (κ1) is 34.7. The zero-order valence-corrected chi connectivity index (χ0v) is 29.8. The molecule has 0 saturated heterocycles. The van der Waals surface area contributed by atoms with Gasteiger partial charge in [0.1, 0.15) is 5.69 Å². The van der Waals surface area contributed by atoms with Gasteiger partial charge in [0.25, 0.3) is 11.1 Å². The van der Waals surface area contributed by atoms with E-state index in [1.807, 2.05) is 12.1 Å². The van der Waals surface area contributed by atoms with Crippen LogP contribution in [0.2, 0.25) is 0 Å². The molecule has 10 nitrogen and oxygen atoms in total. The summed E-state index contributed by atoms with van der Waals surface area (Å²) in [5, 5.41) is 23.2. The molecule has 4 aliphatic rings. The Kier molecular flexibility index (Phi) is 8.88. The summed E-state index contributed by atoms with van der Waals surface area (Å²) < 4.78 is 44.8. The summed E-state index contributed by atoms with van der Waals surface area (Å²) >= 11 is 0. The molecule has 2 aromatic heterocycles. The number of hydrogen-bond donors (Lipinski definition) is 5. The van der Waals surface area contributed by atoms with Crippen LogP contribution in [0.3, 0.4) is 0 Å². The molecule has 4 atom stereocenters. The minimum atomic E-state index is -5.00. The van der Waals surface area contributed by atoms with Crippen LogP contribution in [-0.4, -0.2) is 55.0 Å². The third-order valence-corrected chi connectivity index (χ3v) is 11.6. The Bertz CT molecular complexity index is 1960. The molecule has 0 radical (unpaired) electrons. The van der Waals surface area contributed by atoms with Crippen LogP contribution in [0.4, 0.5) is 29.3 Å². The number of aliphatic hydroxyl groups excluding tert-OH is 1. The van der Waals surface area contributed by atoms with E-state index in [1.165, 1.54) is 4.90 Å². The first-order valence-electron chi connectivity index (χ1n) is 14.9. The Morgan fingerprint density at radius 3 is 2.65 bits per heavy atom. The summed E-state index contributed by atoms with van der Waals surface area (Å²) in [5.74, 6) is -2.14. The van der Waals surface area contributed by atoms with E-state index >= 15 is 0 Å². The average molecular weight is 807 g/mol. The molecule has 0 saturated carbocycles. The van der Waals surface area contributed by atoms with Crippen LogP contribution < -0.4 is 10.0 Å². The van der Waals surface area contributed by atoms with Crippen LogP contribution in [0.5, 0.6) is 0 Å². The minimum absolute atomic E-state index is 0. The Morgan fingerprint density at radius 2 is 1.94 bits per heavy atom. The van der Waals surface area contributed by atoms with Crippen molar-refractivity contribution in [2.45, 2.75) is 37.8 Å². The fourth-order valence-electron chi connectivity index (χ4n) is 6.94. The molecule has 0 spiro atoms. The summed E-state index contributed by atoms with van der Waals surface area (Å²) in [4.78, 5) is 47.4. The van der Waals surface area contributed by atoms with Crippen LogP contribution in [-0.2, 0) is 18.3 Å². The van der Waals surface area contributed by atoms with E-state index in [1.54, 1.807) is 30.7 Å². The van der Waals surface area contributed by atoms with Gasteiger partial charge in [-0.05, 0) is 59.6 Å². The van der Waals surface area contributed by atoms with Crippen LogP contribution >= 0.6 is 10.2 Å². The molecule has 48 heavy (non-hydrogen) atoms. The number of carbonyl (C=O) groups is 3. The number of aromatic amines is 1. The van der Waals surface area contributed by atoms with E-state index < -0.39 is 45.6 Å². The molecular formula is C33H31CeF3N5O5S-. The normalized spacial score (nSPS) is 25.1. The number of carboxylic acids is 1. The maximum absolute atomic E-state index is 14.2. The second-order valence-electron chi connectivity index (χ2n) is 12.6. The van der Waals surface area contributed by atoms with Gasteiger partial charge in [-0.15, -0.1) is 5.92 Å². The number of H-pyrrole nitrogens is 1. The number of alkyl halides is 3. The number of anilines is 2. The number of fused-ring (bicyclic) bond motifs is 4. The van der Waals surface area contributed by atoms with Crippen molar-refractivity contribution >= 4 is 50.4 Å². The quantitative estimate of drug-likeness (QED) is 0.188. The standard InChI is InChI=1S/C33H31F3N5O5S.Ce/c1-15-4-5-17-9-18(12-37-22(17)8-15)30(43)38-20-6-7-21-19(10-20)14-47(3,40-21)32(46)41-13-16(2)25-23(41)11-24(42)28-26(25)27(31(44)45)29(39-28)33(34,35)36;/h4-7,9-10,12,15-16,24,39-40,42H,2,8,11,13-14H2,1,3H3,(H,38,43)(H,44,45);/q-1;. The molecule has 5 N–H and O–H groups in total. The number of hydrogen-bond acceptors (Lipinski definition) is 6. The predicted octanol–water partition coefficient (Wildman–Crippen LogP) is 6.59. The second-order valence-corrected chi connectivity index (χ2v) is 15.6. The van der Waals surface area contributed by atoms with Crippen molar-refractivity contribution in [3.63, 3.8) is 0 Å². The van der Waals surface area contributed by atoms with E-state index in [2.05, 4.69) is 39.9 Å². The monoisotopic (exact) mass is 806 g/mol. The Morgan fingerprint density at radius 1 is 1.19 bits per heavy atom. The molecule has 2 amide bonds. The van der Waals surface area contributed by atoms with Gasteiger partial charge in [0.15, 0.2) is 0 Å². The number of rotatable bonds is 3. The molecule has 2 aliphatic carbocycles. The molecule has 2 aliphatic heterocycles. The van der Waals surface area contributed by atoms with Crippen molar-refractivity contribution < 1.29 is 79.5 Å². The van der Waals surface area contributed by atoms with Crippen molar-refractivity contribution in [1.82, 2.24) is 14.9 Å². The zero-order chi connectivity index (χ0) is 33.6. The van der Waals surface area contributed by atoms with Gasteiger partial charge >= 0.3 is 12.1 Å². The van der Waals surface area contributed by atoms with Gasteiger partial charge in [0.2, 0.25) is 0 Å². The summed E-state index contributed by atoms with van der Waals surface area (Å²) in [6.07, 6.45) is 1.55. The first-order valence-corrected chi connectivity index (χ1v) is 17.1. The van der Waals surface area contributed by atoms with Crippen LogP contribution in [0, 0.1) is 60.5 Å². The molecular weight excluding hydrogens is 776 g/mol. The summed E-state index contributed by atoms with van der Waals surface area (Å²) in [7, 11) is -2.29. The number of pyridine rings is 1. The molecule has 250 valence electrons. The smallest absolute Gasteiger partial charge is 0.432 e. The predicted molar refractivity (Wildman–Crippen MR) is 172 cm³/mol. The van der Waals surface area contributed by atoms with Crippen molar-refractivity contribution in [3.05, 3.63) is 94.1 Å². The van der Waals surface area contributed by atoms with Gasteiger partial charge < -0.3 is 37.1 Å². The van der Waals surface area contributed by atoms with Gasteiger partial charge in [-0.25, -0.2) is 4.79 Å². The molecule has 0 fully saturated rings. The maximum Gasteiger partial charge on any atom is 0.432 e. The molecule has 0 bridgehead atoms. The Balaban J connectivity index is 0.00000401. The number of nitrogens with zero attached hydrogens (tertiary/aromatic N) is 2. The SMILES string of the molecule is [CH2-]C1CN(C(=O)S2(C)Cc3cc(NC(=O)c4cnc5c(c4)C=CC(C)C5)ccc3N2)C2=C1c1c([nH]c(C(F)(F)F)c1C(=O)O)C(O)C2.[Ce]. The van der Waals surface area contributed by atoms with E-state index in [4.69, 9.17) is 0 Å².